The number of carboxylic acids is 1. The Morgan fingerprint density at radius 3 is 2.88 bits per heavy atom. The van der Waals surface area contributed by atoms with Crippen LogP contribution in [0.2, 0.25) is 0 Å². The second kappa shape index (κ2) is 3.78. The number of hydrogen-bond donors (Lipinski definition) is 1. The zero-order valence-electron chi connectivity index (χ0n) is 9.44. The van der Waals surface area contributed by atoms with Crippen molar-refractivity contribution in [1.82, 2.24) is 0 Å². The van der Waals surface area contributed by atoms with Crippen LogP contribution in [0.25, 0.3) is 0 Å². The Kier molecular flexibility index (Phi) is 2.58. The van der Waals surface area contributed by atoms with E-state index in [-0.39, 0.29) is 5.92 Å². The molecule has 2 unspecified atom stereocenters. The van der Waals surface area contributed by atoms with E-state index < -0.39 is 11.4 Å². The fraction of sp³-hybridized carbons (Fsp3) is 0.357. The molecule has 0 spiro atoms. The third-order valence-electron chi connectivity index (χ3n) is 3.74. The number of aliphatic carboxylic acids is 1. The first-order chi connectivity index (χ1) is 7.65. The highest BCUT2D eigenvalue weighted by Crippen LogP contribution is 2.48. The van der Waals surface area contributed by atoms with Crippen LogP contribution in [0, 0.1) is 0 Å². The molecule has 2 nitrogen and oxygen atoms in total. The molecule has 0 bridgehead atoms. The fourth-order valence-electron chi connectivity index (χ4n) is 2.75. The minimum Gasteiger partial charge on any atom is -0.481 e. The SMILES string of the molecule is C=CC1CC(CC)(C(=O)O)c2ccccc21. The largest absolute Gasteiger partial charge is 0.481 e. The monoisotopic (exact) mass is 216 g/mol. The highest BCUT2D eigenvalue weighted by atomic mass is 16.4. The van der Waals surface area contributed by atoms with E-state index in [4.69, 9.17) is 0 Å². The summed E-state index contributed by atoms with van der Waals surface area (Å²) in [5.41, 5.74) is 1.38. The second-order valence-electron chi connectivity index (χ2n) is 4.37. The van der Waals surface area contributed by atoms with Gasteiger partial charge in [0.25, 0.3) is 0 Å². The van der Waals surface area contributed by atoms with E-state index >= 15 is 0 Å². The molecule has 0 aliphatic heterocycles. The molecule has 1 aliphatic carbocycles. The van der Waals surface area contributed by atoms with E-state index in [1.54, 1.807) is 0 Å². The van der Waals surface area contributed by atoms with Crippen LogP contribution in [0.5, 0.6) is 0 Å². The van der Waals surface area contributed by atoms with Crippen LogP contribution in [0.1, 0.15) is 36.8 Å². The number of rotatable bonds is 3. The van der Waals surface area contributed by atoms with E-state index in [9.17, 15) is 9.90 Å². The summed E-state index contributed by atoms with van der Waals surface area (Å²) in [4.78, 5) is 11.5. The molecule has 0 amide bonds. The van der Waals surface area contributed by atoms with Gasteiger partial charge < -0.3 is 5.11 Å². The summed E-state index contributed by atoms with van der Waals surface area (Å²) >= 11 is 0. The smallest absolute Gasteiger partial charge is 0.314 e. The van der Waals surface area contributed by atoms with E-state index in [2.05, 4.69) is 6.58 Å². The van der Waals surface area contributed by atoms with E-state index in [1.165, 1.54) is 0 Å². The van der Waals surface area contributed by atoms with Crippen molar-refractivity contribution < 1.29 is 9.90 Å². The molecule has 0 aromatic heterocycles. The molecule has 84 valence electrons. The lowest BCUT2D eigenvalue weighted by atomic mass is 9.79. The van der Waals surface area contributed by atoms with Crippen LogP contribution in [0.15, 0.2) is 36.9 Å². The zero-order valence-corrected chi connectivity index (χ0v) is 9.44. The van der Waals surface area contributed by atoms with Crippen molar-refractivity contribution >= 4 is 5.97 Å². The molecule has 1 aromatic carbocycles. The number of fused-ring (bicyclic) bond motifs is 1. The molecular formula is C14H16O2. The molecular weight excluding hydrogens is 200 g/mol. The maximum absolute atomic E-state index is 11.5. The molecule has 1 aliphatic rings. The molecule has 2 atom stereocenters. The van der Waals surface area contributed by atoms with Gasteiger partial charge in [-0.1, -0.05) is 37.3 Å². The quantitative estimate of drug-likeness (QED) is 0.788. The van der Waals surface area contributed by atoms with Crippen LogP contribution in [0.4, 0.5) is 0 Å². The number of carboxylic acid groups (broad SMARTS) is 1. The van der Waals surface area contributed by atoms with Crippen molar-refractivity contribution in [1.29, 1.82) is 0 Å². The number of allylic oxidation sites excluding steroid dienone is 1. The fourth-order valence-corrected chi connectivity index (χ4v) is 2.75. The van der Waals surface area contributed by atoms with Gasteiger partial charge in [-0.15, -0.1) is 6.58 Å². The van der Waals surface area contributed by atoms with E-state index in [0.29, 0.717) is 12.8 Å². The van der Waals surface area contributed by atoms with Crippen molar-refractivity contribution in [3.63, 3.8) is 0 Å². The predicted octanol–water partition coefficient (Wildman–Crippen LogP) is 3.09. The summed E-state index contributed by atoms with van der Waals surface area (Å²) in [6, 6.07) is 7.83. The van der Waals surface area contributed by atoms with Crippen LogP contribution >= 0.6 is 0 Å². The molecule has 16 heavy (non-hydrogen) atoms. The molecule has 0 fully saturated rings. The van der Waals surface area contributed by atoms with E-state index in [0.717, 1.165) is 11.1 Å². The maximum Gasteiger partial charge on any atom is 0.314 e. The molecule has 0 saturated heterocycles. The zero-order chi connectivity index (χ0) is 11.8. The summed E-state index contributed by atoms with van der Waals surface area (Å²) in [5.74, 6) is -0.543. The molecule has 0 radical (unpaired) electrons. The van der Waals surface area contributed by atoms with Crippen molar-refractivity contribution in [3.05, 3.63) is 48.0 Å². The van der Waals surface area contributed by atoms with Crippen LogP contribution in [0.3, 0.4) is 0 Å². The van der Waals surface area contributed by atoms with Gasteiger partial charge in [0.05, 0.1) is 5.41 Å². The lowest BCUT2D eigenvalue weighted by Gasteiger charge is -2.23. The molecule has 1 aromatic rings. The summed E-state index contributed by atoms with van der Waals surface area (Å²) in [6.45, 7) is 5.75. The summed E-state index contributed by atoms with van der Waals surface area (Å²) in [5, 5.41) is 9.49. The average Bonchev–Trinajstić information content (AvgIpc) is 2.64. The maximum atomic E-state index is 11.5. The van der Waals surface area contributed by atoms with Gasteiger partial charge in [0.2, 0.25) is 0 Å². The van der Waals surface area contributed by atoms with Crippen molar-refractivity contribution in [2.24, 2.45) is 0 Å². The Morgan fingerprint density at radius 1 is 1.62 bits per heavy atom. The standard InChI is InChI=1S/C14H16O2/c1-3-10-9-14(4-2,13(15)16)12-8-6-5-7-11(10)12/h3,5-8,10H,1,4,9H2,2H3,(H,15,16). The third-order valence-corrected chi connectivity index (χ3v) is 3.74. The number of hydrogen-bond acceptors (Lipinski definition) is 1. The van der Waals surface area contributed by atoms with Crippen molar-refractivity contribution in [2.75, 3.05) is 0 Å². The first kappa shape index (κ1) is 10.9. The second-order valence-corrected chi connectivity index (χ2v) is 4.37. The topological polar surface area (TPSA) is 37.3 Å². The normalized spacial score (nSPS) is 27.4. The van der Waals surface area contributed by atoms with Gasteiger partial charge in [0, 0.05) is 5.92 Å². The average molecular weight is 216 g/mol. The number of benzene rings is 1. The molecule has 2 heteroatoms. The van der Waals surface area contributed by atoms with Crippen molar-refractivity contribution in [2.45, 2.75) is 31.1 Å². The van der Waals surface area contributed by atoms with Gasteiger partial charge in [-0.25, -0.2) is 0 Å². The Hall–Kier alpha value is -1.57. The van der Waals surface area contributed by atoms with Gasteiger partial charge in [-0.3, -0.25) is 4.79 Å². The lowest BCUT2D eigenvalue weighted by Crippen LogP contribution is -2.32. The van der Waals surface area contributed by atoms with Crippen molar-refractivity contribution in [3.8, 4) is 0 Å². The van der Waals surface area contributed by atoms with Crippen LogP contribution < -0.4 is 0 Å². The minimum atomic E-state index is -0.716. The minimum absolute atomic E-state index is 0.173. The van der Waals surface area contributed by atoms with Gasteiger partial charge in [0.1, 0.15) is 0 Å². The Bertz CT molecular complexity index is 436. The first-order valence-electron chi connectivity index (χ1n) is 5.61. The lowest BCUT2D eigenvalue weighted by molar-refractivity contribution is -0.144. The Labute approximate surface area is 95.6 Å². The molecule has 0 saturated carbocycles. The Balaban J connectivity index is 2.62. The highest BCUT2D eigenvalue weighted by molar-refractivity contribution is 5.83. The molecule has 2 rings (SSSR count). The summed E-state index contributed by atoms with van der Waals surface area (Å²) in [7, 11) is 0. The van der Waals surface area contributed by atoms with Crippen LogP contribution in [-0.4, -0.2) is 11.1 Å². The third kappa shape index (κ3) is 1.29. The first-order valence-corrected chi connectivity index (χ1v) is 5.61. The summed E-state index contributed by atoms with van der Waals surface area (Å²) < 4.78 is 0. The van der Waals surface area contributed by atoms with E-state index in [1.807, 2.05) is 37.3 Å². The molecule has 0 heterocycles. The molecule has 1 N–H and O–H groups in total. The summed E-state index contributed by atoms with van der Waals surface area (Å²) in [6.07, 6.45) is 3.13. The number of carbonyl (C=O) groups is 1. The van der Waals surface area contributed by atoms with Gasteiger partial charge >= 0.3 is 5.97 Å². The van der Waals surface area contributed by atoms with Gasteiger partial charge in [0.15, 0.2) is 0 Å². The van der Waals surface area contributed by atoms with Gasteiger partial charge in [-0.2, -0.15) is 0 Å². The Morgan fingerprint density at radius 2 is 2.31 bits per heavy atom. The highest BCUT2D eigenvalue weighted by Gasteiger charge is 2.47. The van der Waals surface area contributed by atoms with Crippen LogP contribution in [-0.2, 0) is 10.2 Å². The predicted molar refractivity (Wildman–Crippen MR) is 63.6 cm³/mol. The van der Waals surface area contributed by atoms with Gasteiger partial charge in [-0.05, 0) is 24.0 Å².